The predicted molar refractivity (Wildman–Crippen MR) is 57.4 cm³/mol. The van der Waals surface area contributed by atoms with Crippen molar-refractivity contribution in [1.82, 2.24) is 14.6 Å². The number of aliphatic hydroxyl groups excluding tert-OH is 1. The molecule has 3 N–H and O–H groups in total. The fourth-order valence-corrected chi connectivity index (χ4v) is 1.41. The van der Waals surface area contributed by atoms with Crippen molar-refractivity contribution in [2.45, 2.75) is 26.4 Å². The van der Waals surface area contributed by atoms with Crippen LogP contribution in [0.25, 0.3) is 5.65 Å². The fourth-order valence-electron chi connectivity index (χ4n) is 1.41. The molecule has 2 aromatic heterocycles. The first-order valence-corrected chi connectivity index (χ1v) is 4.87. The highest BCUT2D eigenvalue weighted by atomic mass is 16.3. The van der Waals surface area contributed by atoms with Gasteiger partial charge in [-0.1, -0.05) is 13.8 Å². The summed E-state index contributed by atoms with van der Waals surface area (Å²) < 4.78 is 1.57. The Morgan fingerprint density at radius 1 is 1.53 bits per heavy atom. The van der Waals surface area contributed by atoms with Crippen molar-refractivity contribution in [3.63, 3.8) is 0 Å². The minimum absolute atomic E-state index is 0.119. The molecule has 0 amide bonds. The lowest BCUT2D eigenvalue weighted by Crippen LogP contribution is -2.05. The molecule has 5 heteroatoms. The Hall–Kier alpha value is -1.62. The Kier molecular flexibility index (Phi) is 2.32. The van der Waals surface area contributed by atoms with Crippen LogP contribution in [0.15, 0.2) is 12.3 Å². The highest BCUT2D eigenvalue weighted by Gasteiger charge is 2.10. The Labute approximate surface area is 87.6 Å². The van der Waals surface area contributed by atoms with Gasteiger partial charge in [-0.3, -0.25) is 0 Å². The first-order chi connectivity index (χ1) is 7.13. The molecule has 0 saturated heterocycles. The number of anilines is 1. The normalized spacial score (nSPS) is 11.5. The topological polar surface area (TPSA) is 76.4 Å². The third-order valence-electron chi connectivity index (χ3n) is 2.38. The Bertz CT molecular complexity index is 489. The van der Waals surface area contributed by atoms with E-state index in [1.165, 1.54) is 0 Å². The van der Waals surface area contributed by atoms with E-state index in [0.717, 1.165) is 5.69 Å². The van der Waals surface area contributed by atoms with E-state index >= 15 is 0 Å². The number of fused-ring (bicyclic) bond motifs is 1. The van der Waals surface area contributed by atoms with Gasteiger partial charge in [-0.25, -0.2) is 4.98 Å². The van der Waals surface area contributed by atoms with Crippen molar-refractivity contribution in [1.29, 1.82) is 0 Å². The second-order valence-electron chi connectivity index (χ2n) is 3.82. The molecule has 0 aliphatic heterocycles. The van der Waals surface area contributed by atoms with Crippen LogP contribution < -0.4 is 5.73 Å². The van der Waals surface area contributed by atoms with Crippen LogP contribution in [0, 0.1) is 0 Å². The van der Waals surface area contributed by atoms with Crippen molar-refractivity contribution in [2.75, 3.05) is 5.73 Å². The third-order valence-corrected chi connectivity index (χ3v) is 2.38. The second-order valence-corrected chi connectivity index (χ2v) is 3.82. The lowest BCUT2D eigenvalue weighted by atomic mass is 10.1. The van der Waals surface area contributed by atoms with Crippen molar-refractivity contribution >= 4 is 11.5 Å². The van der Waals surface area contributed by atoms with E-state index in [9.17, 15) is 0 Å². The predicted octanol–water partition coefficient (Wildman–Crippen LogP) is 0.927. The fraction of sp³-hybridized carbons (Fsp3) is 0.400. The summed E-state index contributed by atoms with van der Waals surface area (Å²) in [5.74, 6) is 0.790. The molecule has 5 nitrogen and oxygen atoms in total. The average molecular weight is 206 g/mol. The van der Waals surface area contributed by atoms with E-state index in [-0.39, 0.29) is 6.61 Å². The number of aliphatic hydroxyl groups is 1. The average Bonchev–Trinajstić information content (AvgIpc) is 2.63. The van der Waals surface area contributed by atoms with Crippen molar-refractivity contribution in [3.8, 4) is 0 Å². The highest BCUT2D eigenvalue weighted by Crippen LogP contribution is 2.18. The molecular weight excluding hydrogens is 192 g/mol. The maximum Gasteiger partial charge on any atom is 0.157 e. The van der Waals surface area contributed by atoms with E-state index in [1.54, 1.807) is 10.7 Å². The third kappa shape index (κ3) is 1.55. The molecule has 0 unspecified atom stereocenters. The van der Waals surface area contributed by atoms with Gasteiger partial charge in [0.2, 0.25) is 0 Å². The smallest absolute Gasteiger partial charge is 0.157 e. The van der Waals surface area contributed by atoms with Crippen molar-refractivity contribution < 1.29 is 5.11 Å². The molecular formula is C10H14N4O. The largest absolute Gasteiger partial charge is 0.391 e. The number of rotatable bonds is 2. The summed E-state index contributed by atoms with van der Waals surface area (Å²) in [6.07, 6.45) is 1.58. The van der Waals surface area contributed by atoms with E-state index in [0.29, 0.717) is 22.9 Å². The van der Waals surface area contributed by atoms with Gasteiger partial charge in [0.25, 0.3) is 0 Å². The maximum absolute atomic E-state index is 9.03. The molecule has 0 bridgehead atoms. The van der Waals surface area contributed by atoms with Gasteiger partial charge in [-0.15, -0.1) is 0 Å². The number of hydrogen-bond acceptors (Lipinski definition) is 4. The molecule has 2 aromatic rings. The van der Waals surface area contributed by atoms with Crippen LogP contribution in [0.3, 0.4) is 0 Å². The van der Waals surface area contributed by atoms with Gasteiger partial charge in [0.05, 0.1) is 12.3 Å². The molecule has 80 valence electrons. The van der Waals surface area contributed by atoms with Crippen LogP contribution >= 0.6 is 0 Å². The van der Waals surface area contributed by atoms with E-state index in [1.807, 2.05) is 6.07 Å². The molecule has 2 rings (SSSR count). The summed E-state index contributed by atoms with van der Waals surface area (Å²) in [4.78, 5) is 4.18. The monoisotopic (exact) mass is 206 g/mol. The standard InChI is InChI=1S/C10H14N4O/c1-6(2)8-3-9-12-4-7(5-15)10(11)14(9)13-8/h3-4,6,15H,5,11H2,1-2H3. The zero-order valence-electron chi connectivity index (χ0n) is 8.81. The van der Waals surface area contributed by atoms with Crippen LogP contribution in [0.1, 0.15) is 31.0 Å². The molecule has 0 aromatic carbocycles. The lowest BCUT2D eigenvalue weighted by molar-refractivity contribution is 0.281. The Balaban J connectivity index is 2.66. The van der Waals surface area contributed by atoms with Crippen LogP contribution in [0.2, 0.25) is 0 Å². The first-order valence-electron chi connectivity index (χ1n) is 4.87. The summed E-state index contributed by atoms with van der Waals surface area (Å²) >= 11 is 0. The molecule has 0 atom stereocenters. The van der Waals surface area contributed by atoms with Crippen LogP contribution in [-0.2, 0) is 6.61 Å². The van der Waals surface area contributed by atoms with Gasteiger partial charge in [0.1, 0.15) is 5.82 Å². The number of hydrogen-bond donors (Lipinski definition) is 2. The van der Waals surface area contributed by atoms with Crippen LogP contribution in [0.4, 0.5) is 5.82 Å². The summed E-state index contributed by atoms with van der Waals surface area (Å²) in [6.45, 7) is 4.00. The molecule has 15 heavy (non-hydrogen) atoms. The molecule has 0 radical (unpaired) electrons. The number of aromatic nitrogens is 3. The molecule has 0 fully saturated rings. The number of nitrogens with zero attached hydrogens (tertiary/aromatic N) is 3. The van der Waals surface area contributed by atoms with Gasteiger partial charge in [0, 0.05) is 17.8 Å². The Morgan fingerprint density at radius 3 is 2.87 bits per heavy atom. The van der Waals surface area contributed by atoms with E-state index in [2.05, 4.69) is 23.9 Å². The van der Waals surface area contributed by atoms with Gasteiger partial charge in [0.15, 0.2) is 5.65 Å². The SMILES string of the molecule is CC(C)c1cc2ncc(CO)c(N)n2n1. The van der Waals surface area contributed by atoms with Gasteiger partial charge >= 0.3 is 0 Å². The molecule has 2 heterocycles. The lowest BCUT2D eigenvalue weighted by Gasteiger charge is -2.03. The van der Waals surface area contributed by atoms with Gasteiger partial charge in [-0.2, -0.15) is 9.61 Å². The molecule has 0 saturated carbocycles. The minimum atomic E-state index is -0.119. The summed E-state index contributed by atoms with van der Waals surface area (Å²) in [6, 6.07) is 1.90. The number of nitrogens with two attached hydrogens (primary N) is 1. The van der Waals surface area contributed by atoms with Crippen molar-refractivity contribution in [2.24, 2.45) is 0 Å². The quantitative estimate of drug-likeness (QED) is 0.766. The van der Waals surface area contributed by atoms with E-state index < -0.39 is 0 Å². The van der Waals surface area contributed by atoms with Gasteiger partial charge in [-0.05, 0) is 5.92 Å². The van der Waals surface area contributed by atoms with Crippen LogP contribution in [-0.4, -0.2) is 19.7 Å². The van der Waals surface area contributed by atoms with E-state index in [4.69, 9.17) is 10.8 Å². The van der Waals surface area contributed by atoms with Crippen LogP contribution in [0.5, 0.6) is 0 Å². The molecule has 0 aliphatic rings. The zero-order valence-corrected chi connectivity index (χ0v) is 8.81. The summed E-state index contributed by atoms with van der Waals surface area (Å²) in [5.41, 5.74) is 8.11. The zero-order chi connectivity index (χ0) is 11.0. The Morgan fingerprint density at radius 2 is 2.27 bits per heavy atom. The molecule has 0 spiro atoms. The maximum atomic E-state index is 9.03. The minimum Gasteiger partial charge on any atom is -0.391 e. The number of nitrogen functional groups attached to an aromatic ring is 1. The highest BCUT2D eigenvalue weighted by molar-refractivity contribution is 5.50. The van der Waals surface area contributed by atoms with Gasteiger partial charge < -0.3 is 10.8 Å². The second kappa shape index (κ2) is 3.51. The first kappa shape index (κ1) is 9.92. The van der Waals surface area contributed by atoms with Crippen molar-refractivity contribution in [3.05, 3.63) is 23.5 Å². The summed E-state index contributed by atoms with van der Waals surface area (Å²) in [5, 5.41) is 13.4. The molecule has 0 aliphatic carbocycles. The summed E-state index contributed by atoms with van der Waals surface area (Å²) in [7, 11) is 0.